The van der Waals surface area contributed by atoms with Crippen LogP contribution in [0.1, 0.15) is 0 Å². The van der Waals surface area contributed by atoms with E-state index in [0.29, 0.717) is 0 Å². The van der Waals surface area contributed by atoms with Gasteiger partial charge < -0.3 is 0 Å². The Morgan fingerprint density at radius 3 is 1.43 bits per heavy atom. The van der Waals surface area contributed by atoms with Crippen molar-refractivity contribution >= 4 is 116 Å². The van der Waals surface area contributed by atoms with Gasteiger partial charge in [0.25, 0.3) is 0 Å². The Morgan fingerprint density at radius 1 is 0.783 bits per heavy atom. The van der Waals surface area contributed by atoms with E-state index in [1.807, 2.05) is 0 Å². The summed E-state index contributed by atoms with van der Waals surface area (Å²) in [4.78, 5) is 45.3. The molecule has 0 aliphatic carbocycles. The van der Waals surface area contributed by atoms with Crippen LogP contribution in [-0.2, 0) is 37.3 Å². The number of hydrogen-bond acceptors (Lipinski definition) is 12. The summed E-state index contributed by atoms with van der Waals surface area (Å²) in [5, 5.41) is 22.1. The van der Waals surface area contributed by atoms with Gasteiger partial charge in [0, 0.05) is 0 Å². The van der Waals surface area contributed by atoms with Crippen molar-refractivity contribution in [1.29, 1.82) is 0 Å². The Balaban J connectivity index is 0.00000192. The molecule has 0 aromatic heterocycles. The van der Waals surface area contributed by atoms with E-state index < -0.39 is 91.2 Å². The van der Waals surface area contributed by atoms with Crippen molar-refractivity contribution in [3.63, 3.8) is 0 Å². The smallest absolute Gasteiger partial charge is 2.00 e. The predicted octanol–water partition coefficient (Wildman–Crippen LogP) is -6.26. The van der Waals surface area contributed by atoms with E-state index in [4.69, 9.17) is 18.1 Å². The van der Waals surface area contributed by atoms with Crippen molar-refractivity contribution < 1.29 is 47.5 Å². The first-order chi connectivity index (χ1) is 10.4. The zero-order valence-corrected chi connectivity index (χ0v) is 20.4. The van der Waals surface area contributed by atoms with Gasteiger partial charge in [0.15, 0.2) is 0 Å². The number of carbonyl (C=O) groups is 4. The fraction of sp³-hybridized carbons (Fsp3) is 0.500. The molecule has 0 aromatic rings. The van der Waals surface area contributed by atoms with Gasteiger partial charge in [-0.1, -0.05) is 0 Å². The number of carbonyl (C=O) groups excluding carboxylic acids is 4. The first-order valence-electron chi connectivity index (χ1n) is 5.49. The molecular weight excluding hydrogens is 669 g/mol. The summed E-state index contributed by atoms with van der Waals surface area (Å²) < 4.78 is 29.4. The molecule has 3 aliphatic rings. The van der Waals surface area contributed by atoms with E-state index in [0.717, 1.165) is 0 Å². The van der Waals surface area contributed by atoms with Crippen LogP contribution in [-0.4, -0.2) is 140 Å². The Kier molecular flexibility index (Phi) is 7.12. The fourth-order valence-electron chi connectivity index (χ4n) is 1.65. The summed E-state index contributed by atoms with van der Waals surface area (Å²) in [6.07, 6.45) is -7.20. The van der Waals surface area contributed by atoms with E-state index in [1.165, 1.54) is 0 Å². The molecule has 4 atom stereocenters. The summed E-state index contributed by atoms with van der Waals surface area (Å²) in [6.45, 7) is 0. The third-order valence-corrected chi connectivity index (χ3v) is 9.04. The molecule has 23 heavy (non-hydrogen) atoms. The van der Waals surface area contributed by atoms with Gasteiger partial charge in [0.05, 0.1) is 0 Å². The van der Waals surface area contributed by atoms with E-state index in [1.54, 1.807) is 0 Å². The Bertz CT molecular complexity index is 507. The van der Waals surface area contributed by atoms with Crippen LogP contribution in [0.15, 0.2) is 0 Å². The van der Waals surface area contributed by atoms with Gasteiger partial charge in [-0.3, -0.25) is 0 Å². The molecular formula is C8H4BaO12Sb2. The monoisotopic (exact) mass is 672 g/mol. The average Bonchev–Trinajstić information content (AvgIpc) is 2.95. The Morgan fingerprint density at radius 2 is 1.13 bits per heavy atom. The average molecular weight is 673 g/mol. The van der Waals surface area contributed by atoms with Crippen molar-refractivity contribution in [3.05, 3.63) is 0 Å². The molecule has 0 saturated carbocycles. The summed E-state index contributed by atoms with van der Waals surface area (Å²) in [5.41, 5.74) is 0. The molecule has 3 aliphatic heterocycles. The van der Waals surface area contributed by atoms with E-state index in [2.05, 4.69) is 0 Å². The molecule has 120 valence electrons. The van der Waals surface area contributed by atoms with Crippen LogP contribution < -0.4 is 10.2 Å². The largest absolute Gasteiger partial charge is 2.00 e. The number of aliphatic carboxylic acids is 2. The van der Waals surface area contributed by atoms with Crippen molar-refractivity contribution in [2.45, 2.75) is 24.4 Å². The second-order valence-corrected chi connectivity index (χ2v) is 10.0. The van der Waals surface area contributed by atoms with Gasteiger partial charge in [-0.25, -0.2) is 0 Å². The first-order valence-corrected chi connectivity index (χ1v) is 11.7. The van der Waals surface area contributed by atoms with Gasteiger partial charge in [-0.15, -0.1) is 0 Å². The minimum Gasteiger partial charge on any atom is 2.00 e. The van der Waals surface area contributed by atoms with Crippen LogP contribution in [0.5, 0.6) is 0 Å². The molecule has 4 bridgehead atoms. The van der Waals surface area contributed by atoms with Crippen LogP contribution in [0.3, 0.4) is 0 Å². The molecule has 0 spiro atoms. The minimum absolute atomic E-state index is 0. The van der Waals surface area contributed by atoms with Gasteiger partial charge in [0.2, 0.25) is 0 Å². The number of carboxylic acid groups (broad SMARTS) is 2. The van der Waals surface area contributed by atoms with E-state index in [-0.39, 0.29) is 48.9 Å². The Labute approximate surface area is 185 Å². The SMILES string of the molecule is O=C([O-])C1[O][Sb]2[O]C(=O)C([O]2)C(C(=O)[O-])[O][Sb]2[O]C(=O)C1[O]2.[Ba+2]. The van der Waals surface area contributed by atoms with Crippen molar-refractivity contribution in [2.75, 3.05) is 0 Å². The zero-order valence-electron chi connectivity index (χ0n) is 10.8. The van der Waals surface area contributed by atoms with Crippen molar-refractivity contribution in [2.24, 2.45) is 0 Å². The molecule has 3 fully saturated rings. The standard InChI is InChI=1S/2C4H4O6.Ba.2Sb/c2*5-1(3(7)8)2(6)4(9)10;;;/h2*1-2H,(H,7,8)(H,9,10);;;/q2*-2;+2;2*+3/p-4. The zero-order chi connectivity index (χ0) is 16.0. The molecule has 3 saturated heterocycles. The number of fused-ring (bicyclic) bond motifs is 4. The van der Waals surface area contributed by atoms with Crippen molar-refractivity contribution in [3.8, 4) is 0 Å². The summed E-state index contributed by atoms with van der Waals surface area (Å²) in [7, 11) is 0. The molecule has 3 heterocycles. The van der Waals surface area contributed by atoms with Gasteiger partial charge in [0.1, 0.15) is 0 Å². The minimum atomic E-state index is -3.86. The third kappa shape index (κ3) is 4.19. The summed E-state index contributed by atoms with van der Waals surface area (Å²) >= 11 is -7.72. The van der Waals surface area contributed by atoms with Crippen LogP contribution in [0.2, 0.25) is 0 Å². The molecule has 0 radical (unpaired) electrons. The molecule has 4 unspecified atom stereocenters. The maximum atomic E-state index is 11.6. The molecule has 15 heteroatoms. The molecule has 0 aromatic carbocycles. The van der Waals surface area contributed by atoms with Crippen LogP contribution in [0.25, 0.3) is 0 Å². The van der Waals surface area contributed by atoms with Gasteiger partial charge in [-0.05, 0) is 0 Å². The maximum Gasteiger partial charge on any atom is 2.00 e. The Hall–Kier alpha value is 0.928. The molecule has 0 N–H and O–H groups in total. The quantitative estimate of drug-likeness (QED) is 0.255. The molecule has 12 nitrogen and oxygen atoms in total. The number of rotatable bonds is 2. The summed E-state index contributed by atoms with van der Waals surface area (Å²) in [5.74, 6) is -5.76. The topological polar surface area (TPSA) is 170 Å². The third-order valence-electron chi connectivity index (χ3n) is 2.61. The normalized spacial score (nSPS) is 34.3. The van der Waals surface area contributed by atoms with Gasteiger partial charge >= 0.3 is 188 Å². The second-order valence-electron chi connectivity index (χ2n) is 4.01. The van der Waals surface area contributed by atoms with Crippen LogP contribution in [0, 0.1) is 0 Å². The second kappa shape index (κ2) is 8.08. The number of hydrogen-bond donors (Lipinski definition) is 0. The fourth-order valence-corrected chi connectivity index (χ4v) is 8.21. The van der Waals surface area contributed by atoms with E-state index in [9.17, 15) is 29.4 Å². The van der Waals surface area contributed by atoms with Crippen molar-refractivity contribution in [1.82, 2.24) is 0 Å². The maximum absolute atomic E-state index is 11.6. The van der Waals surface area contributed by atoms with Crippen LogP contribution in [0.4, 0.5) is 0 Å². The van der Waals surface area contributed by atoms with Crippen LogP contribution >= 0.6 is 0 Å². The molecule has 0 amide bonds. The first kappa shape index (κ1) is 20.2. The van der Waals surface area contributed by atoms with Gasteiger partial charge in [-0.2, -0.15) is 0 Å². The summed E-state index contributed by atoms with van der Waals surface area (Å²) in [6, 6.07) is 0. The molecule has 3 rings (SSSR count). The van der Waals surface area contributed by atoms with E-state index >= 15 is 0 Å². The predicted molar refractivity (Wildman–Crippen MR) is 59.0 cm³/mol. The number of carboxylic acids is 2.